The molecule has 7 nitrogen and oxygen atoms in total. The maximum absolute atomic E-state index is 13.3. The van der Waals surface area contributed by atoms with Gasteiger partial charge in [-0.25, -0.2) is 8.42 Å². The molecule has 0 unspecified atom stereocenters. The van der Waals surface area contributed by atoms with Crippen molar-refractivity contribution in [3.8, 4) is 11.8 Å². The summed E-state index contributed by atoms with van der Waals surface area (Å²) in [7, 11) is -2.45. The maximum Gasteiger partial charge on any atom is 0.264 e. The van der Waals surface area contributed by atoms with E-state index < -0.39 is 15.9 Å². The Morgan fingerprint density at radius 3 is 2.45 bits per heavy atom. The minimum absolute atomic E-state index is 0.0140. The van der Waals surface area contributed by atoms with Crippen LogP contribution in [0.1, 0.15) is 22.8 Å². The Kier molecular flexibility index (Phi) is 6.58. The third-order valence-electron chi connectivity index (χ3n) is 4.59. The molecule has 0 fully saturated rings. The highest BCUT2D eigenvalue weighted by molar-refractivity contribution is 7.92. The summed E-state index contributed by atoms with van der Waals surface area (Å²) >= 11 is 0. The predicted octanol–water partition coefficient (Wildman–Crippen LogP) is 4.03. The molecule has 3 rings (SSSR count). The molecule has 0 spiro atoms. The predicted molar refractivity (Wildman–Crippen MR) is 119 cm³/mol. The van der Waals surface area contributed by atoms with Crippen LogP contribution < -0.4 is 14.4 Å². The van der Waals surface area contributed by atoms with E-state index >= 15 is 0 Å². The zero-order chi connectivity index (χ0) is 22.4. The van der Waals surface area contributed by atoms with Crippen LogP contribution in [0.3, 0.4) is 0 Å². The van der Waals surface area contributed by atoms with Gasteiger partial charge in [0.25, 0.3) is 15.9 Å². The fraction of sp³-hybridized carbons (Fsp3) is 0.130. The third-order valence-corrected chi connectivity index (χ3v) is 6.49. The molecular weight excluding hydrogens is 414 g/mol. The van der Waals surface area contributed by atoms with Crippen molar-refractivity contribution in [2.45, 2.75) is 11.8 Å². The number of carbonyl (C=O) groups is 1. The molecule has 0 radical (unpaired) electrons. The number of methoxy groups -OCH3 is 1. The standard InChI is InChI=1S/C23H21N3O4S/c1-3-26(19-10-5-4-6-11-19)31(28,29)20-12-13-22(30-2)21(15-20)25-23(27)18-9-7-8-17(14-18)16-24/h4-15H,3H2,1-2H3,(H,25,27). The maximum atomic E-state index is 13.3. The number of hydrogen-bond donors (Lipinski definition) is 1. The molecule has 8 heteroatoms. The number of amides is 1. The van der Waals surface area contributed by atoms with Gasteiger partial charge in [-0.3, -0.25) is 9.10 Å². The van der Waals surface area contributed by atoms with E-state index in [1.54, 1.807) is 49.4 Å². The Balaban J connectivity index is 1.98. The van der Waals surface area contributed by atoms with Crippen LogP contribution in [0, 0.1) is 11.3 Å². The highest BCUT2D eigenvalue weighted by Gasteiger charge is 2.25. The third kappa shape index (κ3) is 4.68. The van der Waals surface area contributed by atoms with E-state index in [1.807, 2.05) is 12.1 Å². The SMILES string of the molecule is CCN(c1ccccc1)S(=O)(=O)c1ccc(OC)c(NC(=O)c2cccc(C#N)c2)c1. The monoisotopic (exact) mass is 435 g/mol. The average Bonchev–Trinajstić information content (AvgIpc) is 2.80. The van der Waals surface area contributed by atoms with Gasteiger partial charge in [0.1, 0.15) is 5.75 Å². The van der Waals surface area contributed by atoms with Gasteiger partial charge in [-0.2, -0.15) is 5.26 Å². The number of benzene rings is 3. The topological polar surface area (TPSA) is 99.5 Å². The van der Waals surface area contributed by atoms with Crippen LogP contribution in [0.25, 0.3) is 0 Å². The van der Waals surface area contributed by atoms with Gasteiger partial charge in [0.2, 0.25) is 0 Å². The van der Waals surface area contributed by atoms with Crippen LogP contribution in [0.2, 0.25) is 0 Å². The average molecular weight is 436 g/mol. The van der Waals surface area contributed by atoms with Crippen LogP contribution in [0.15, 0.2) is 77.7 Å². The Morgan fingerprint density at radius 2 is 1.81 bits per heavy atom. The summed E-state index contributed by atoms with van der Waals surface area (Å²) in [6, 6.07) is 21.3. The molecule has 0 aliphatic carbocycles. The smallest absolute Gasteiger partial charge is 0.264 e. The van der Waals surface area contributed by atoms with Crippen molar-refractivity contribution in [1.82, 2.24) is 0 Å². The number of para-hydroxylation sites is 1. The summed E-state index contributed by atoms with van der Waals surface area (Å²) in [4.78, 5) is 12.7. The van der Waals surface area contributed by atoms with Gasteiger partial charge in [0.15, 0.2) is 0 Å². The summed E-state index contributed by atoms with van der Waals surface area (Å²) in [6.07, 6.45) is 0. The second kappa shape index (κ2) is 9.32. The summed E-state index contributed by atoms with van der Waals surface area (Å²) < 4.78 is 33.2. The Bertz CT molecular complexity index is 1240. The van der Waals surface area contributed by atoms with E-state index in [9.17, 15) is 13.2 Å². The van der Waals surface area contributed by atoms with E-state index in [1.165, 1.54) is 35.7 Å². The lowest BCUT2D eigenvalue weighted by Crippen LogP contribution is -2.30. The Morgan fingerprint density at radius 1 is 1.06 bits per heavy atom. The number of nitriles is 1. The van der Waals surface area contributed by atoms with E-state index in [0.717, 1.165) is 0 Å². The second-order valence-corrected chi connectivity index (χ2v) is 8.38. The Hall–Kier alpha value is -3.83. The first kappa shape index (κ1) is 21.9. The fourth-order valence-corrected chi connectivity index (χ4v) is 4.58. The van der Waals surface area contributed by atoms with Gasteiger partial charge < -0.3 is 10.1 Å². The van der Waals surface area contributed by atoms with Crippen LogP contribution >= 0.6 is 0 Å². The number of nitrogens with zero attached hydrogens (tertiary/aromatic N) is 2. The lowest BCUT2D eigenvalue weighted by atomic mass is 10.1. The van der Waals surface area contributed by atoms with Crippen molar-refractivity contribution < 1.29 is 17.9 Å². The summed E-state index contributed by atoms with van der Waals surface area (Å²) in [5.74, 6) is -0.174. The summed E-state index contributed by atoms with van der Waals surface area (Å²) in [5, 5.41) is 11.7. The van der Waals surface area contributed by atoms with E-state index in [0.29, 0.717) is 17.0 Å². The number of nitrogens with one attached hydrogen (secondary N) is 1. The van der Waals surface area contributed by atoms with Crippen molar-refractivity contribution >= 4 is 27.3 Å². The fourth-order valence-electron chi connectivity index (χ4n) is 3.08. The number of sulfonamides is 1. The molecule has 0 saturated carbocycles. The minimum Gasteiger partial charge on any atom is -0.495 e. The lowest BCUT2D eigenvalue weighted by molar-refractivity contribution is 0.102. The molecule has 0 bridgehead atoms. The summed E-state index contributed by atoms with van der Waals surface area (Å²) in [5.41, 5.74) is 1.37. The number of rotatable bonds is 7. The second-order valence-electron chi connectivity index (χ2n) is 6.51. The first-order valence-corrected chi connectivity index (χ1v) is 10.9. The van der Waals surface area contributed by atoms with Gasteiger partial charge in [-0.15, -0.1) is 0 Å². The number of hydrogen-bond acceptors (Lipinski definition) is 5. The van der Waals surface area contributed by atoms with Gasteiger partial charge in [0, 0.05) is 12.1 Å². The quantitative estimate of drug-likeness (QED) is 0.604. The van der Waals surface area contributed by atoms with Crippen molar-refractivity contribution in [1.29, 1.82) is 5.26 Å². The molecule has 3 aromatic carbocycles. The molecule has 1 amide bonds. The number of carbonyl (C=O) groups excluding carboxylic acids is 1. The zero-order valence-corrected chi connectivity index (χ0v) is 17.9. The number of anilines is 2. The van der Waals surface area contributed by atoms with Crippen molar-refractivity contribution in [2.75, 3.05) is 23.3 Å². The van der Waals surface area contributed by atoms with Crippen LogP contribution in [0.4, 0.5) is 11.4 Å². The van der Waals surface area contributed by atoms with Gasteiger partial charge in [0.05, 0.1) is 35.0 Å². The normalized spacial score (nSPS) is 10.7. The Labute approximate surface area is 181 Å². The molecule has 0 aliphatic rings. The molecule has 31 heavy (non-hydrogen) atoms. The highest BCUT2D eigenvalue weighted by atomic mass is 32.2. The summed E-state index contributed by atoms with van der Waals surface area (Å²) in [6.45, 7) is 1.99. The molecule has 0 aliphatic heterocycles. The molecule has 1 N–H and O–H groups in total. The highest BCUT2D eigenvalue weighted by Crippen LogP contribution is 2.31. The molecule has 0 atom stereocenters. The zero-order valence-electron chi connectivity index (χ0n) is 17.1. The van der Waals surface area contributed by atoms with E-state index in [2.05, 4.69) is 5.32 Å². The van der Waals surface area contributed by atoms with E-state index in [-0.39, 0.29) is 22.7 Å². The minimum atomic E-state index is -3.88. The van der Waals surface area contributed by atoms with Gasteiger partial charge >= 0.3 is 0 Å². The number of ether oxygens (including phenoxy) is 1. The van der Waals surface area contributed by atoms with Gasteiger partial charge in [-0.05, 0) is 55.5 Å². The lowest BCUT2D eigenvalue weighted by Gasteiger charge is -2.23. The largest absolute Gasteiger partial charge is 0.495 e. The van der Waals surface area contributed by atoms with Gasteiger partial charge in [-0.1, -0.05) is 24.3 Å². The van der Waals surface area contributed by atoms with Crippen molar-refractivity contribution in [3.63, 3.8) is 0 Å². The molecule has 0 heterocycles. The first-order valence-electron chi connectivity index (χ1n) is 9.48. The van der Waals surface area contributed by atoms with Crippen LogP contribution in [-0.2, 0) is 10.0 Å². The van der Waals surface area contributed by atoms with Crippen molar-refractivity contribution in [2.24, 2.45) is 0 Å². The molecule has 3 aromatic rings. The molecule has 0 saturated heterocycles. The van der Waals surface area contributed by atoms with Crippen molar-refractivity contribution in [3.05, 3.63) is 83.9 Å². The van der Waals surface area contributed by atoms with Crippen LogP contribution in [0.5, 0.6) is 5.75 Å². The molecule has 158 valence electrons. The molecular formula is C23H21N3O4S. The van der Waals surface area contributed by atoms with Crippen LogP contribution in [-0.4, -0.2) is 28.0 Å². The molecule has 0 aromatic heterocycles. The van der Waals surface area contributed by atoms with E-state index in [4.69, 9.17) is 10.00 Å². The first-order chi connectivity index (χ1) is 14.9.